The van der Waals surface area contributed by atoms with Crippen LogP contribution in [0.15, 0.2) is 23.2 Å². The van der Waals surface area contributed by atoms with Crippen molar-refractivity contribution in [3.8, 4) is 5.75 Å². The highest BCUT2D eigenvalue weighted by Gasteiger charge is 2.12. The average Bonchev–Trinajstić information content (AvgIpc) is 2.04. The fourth-order valence-electron chi connectivity index (χ4n) is 1.06. The summed E-state index contributed by atoms with van der Waals surface area (Å²) < 4.78 is 5.28. The fourth-order valence-corrected chi connectivity index (χ4v) is 1.29. The third kappa shape index (κ3) is 1.12. The normalized spacial score (nSPS) is 14.6. The Bertz CT molecular complexity index is 349. The topological polar surface area (TPSA) is 47.6 Å². The molecule has 0 unspecified atom stereocenters. The van der Waals surface area contributed by atoms with Crippen LogP contribution in [-0.4, -0.2) is 12.4 Å². The number of halogens is 1. The highest BCUT2D eigenvalue weighted by molar-refractivity contribution is 6.32. The van der Waals surface area contributed by atoms with Crippen molar-refractivity contribution in [3.05, 3.63) is 23.2 Å². The van der Waals surface area contributed by atoms with Crippen LogP contribution in [0.3, 0.4) is 0 Å². The predicted molar refractivity (Wildman–Crippen MR) is 48.2 cm³/mol. The molecule has 2 N–H and O–H groups in total. The molecule has 1 heterocycles. The first kappa shape index (κ1) is 7.43. The first-order valence-corrected chi connectivity index (χ1v) is 3.89. The van der Waals surface area contributed by atoms with E-state index in [1.165, 1.54) is 0 Å². The number of amidine groups is 1. The van der Waals surface area contributed by atoms with Gasteiger partial charge in [-0.3, -0.25) is 0 Å². The number of ether oxygens (including phenoxy) is 1. The van der Waals surface area contributed by atoms with Gasteiger partial charge in [0.15, 0.2) is 5.75 Å². The lowest BCUT2D eigenvalue weighted by Crippen LogP contribution is -2.23. The van der Waals surface area contributed by atoms with Crippen LogP contribution >= 0.6 is 11.6 Å². The molecule has 0 saturated heterocycles. The SMILES string of the molecule is NC1=Nc2cccc(Cl)c2OC1. The number of aliphatic imine (C=N–C) groups is 1. The van der Waals surface area contributed by atoms with E-state index in [4.69, 9.17) is 22.1 Å². The summed E-state index contributed by atoms with van der Waals surface area (Å²) in [5.74, 6) is 1.10. The zero-order valence-electron chi connectivity index (χ0n) is 6.25. The zero-order valence-corrected chi connectivity index (χ0v) is 7.01. The van der Waals surface area contributed by atoms with Gasteiger partial charge in [-0.15, -0.1) is 0 Å². The van der Waals surface area contributed by atoms with Crippen molar-refractivity contribution in [3.63, 3.8) is 0 Å². The number of para-hydroxylation sites is 1. The average molecular weight is 183 g/mol. The van der Waals surface area contributed by atoms with Gasteiger partial charge in [0.2, 0.25) is 0 Å². The van der Waals surface area contributed by atoms with E-state index in [0.29, 0.717) is 28.9 Å². The van der Waals surface area contributed by atoms with Crippen molar-refractivity contribution in [2.24, 2.45) is 10.7 Å². The van der Waals surface area contributed by atoms with Crippen LogP contribution in [0.5, 0.6) is 5.75 Å². The predicted octanol–water partition coefficient (Wildman–Crippen LogP) is 1.72. The van der Waals surface area contributed by atoms with Crippen molar-refractivity contribution in [1.82, 2.24) is 0 Å². The second-order valence-corrected chi connectivity index (χ2v) is 2.89. The van der Waals surface area contributed by atoms with Gasteiger partial charge in [-0.1, -0.05) is 17.7 Å². The lowest BCUT2D eigenvalue weighted by molar-refractivity contribution is 0.371. The molecule has 2 rings (SSSR count). The van der Waals surface area contributed by atoms with E-state index in [-0.39, 0.29) is 0 Å². The summed E-state index contributed by atoms with van der Waals surface area (Å²) >= 11 is 5.85. The molecular formula is C8H7ClN2O. The summed E-state index contributed by atoms with van der Waals surface area (Å²) in [6.07, 6.45) is 0. The molecule has 0 spiro atoms. The Kier molecular flexibility index (Phi) is 1.66. The first-order chi connectivity index (χ1) is 5.77. The minimum atomic E-state index is 0.316. The number of nitrogens with two attached hydrogens (primary N) is 1. The molecule has 1 aromatic rings. The molecule has 0 bridgehead atoms. The Morgan fingerprint density at radius 3 is 3.17 bits per heavy atom. The smallest absolute Gasteiger partial charge is 0.164 e. The fraction of sp³-hybridized carbons (Fsp3) is 0.125. The molecule has 0 saturated carbocycles. The largest absolute Gasteiger partial charge is 0.482 e. The van der Waals surface area contributed by atoms with Crippen LogP contribution in [0.25, 0.3) is 0 Å². The molecule has 0 amide bonds. The van der Waals surface area contributed by atoms with Crippen LogP contribution in [0, 0.1) is 0 Å². The molecule has 0 aliphatic carbocycles. The number of hydrogen-bond acceptors (Lipinski definition) is 3. The molecule has 0 radical (unpaired) electrons. The molecule has 12 heavy (non-hydrogen) atoms. The van der Waals surface area contributed by atoms with Gasteiger partial charge in [-0.2, -0.15) is 0 Å². The van der Waals surface area contributed by atoms with Gasteiger partial charge in [0.1, 0.15) is 18.1 Å². The van der Waals surface area contributed by atoms with Crippen LogP contribution in [0.4, 0.5) is 5.69 Å². The van der Waals surface area contributed by atoms with Crippen molar-refractivity contribution in [2.45, 2.75) is 0 Å². The van der Waals surface area contributed by atoms with Crippen LogP contribution in [0.2, 0.25) is 5.02 Å². The Balaban J connectivity index is 2.57. The van der Waals surface area contributed by atoms with Crippen molar-refractivity contribution >= 4 is 23.1 Å². The molecule has 0 atom stereocenters. The Morgan fingerprint density at radius 2 is 2.33 bits per heavy atom. The first-order valence-electron chi connectivity index (χ1n) is 3.52. The molecule has 1 aliphatic heterocycles. The minimum absolute atomic E-state index is 0.316. The van der Waals surface area contributed by atoms with E-state index in [1.807, 2.05) is 12.1 Å². The van der Waals surface area contributed by atoms with E-state index >= 15 is 0 Å². The quantitative estimate of drug-likeness (QED) is 0.664. The maximum atomic E-state index is 5.85. The summed E-state index contributed by atoms with van der Waals surface area (Å²) in [5, 5.41) is 0.573. The lowest BCUT2D eigenvalue weighted by atomic mass is 10.3. The van der Waals surface area contributed by atoms with Gasteiger partial charge >= 0.3 is 0 Å². The van der Waals surface area contributed by atoms with E-state index in [2.05, 4.69) is 4.99 Å². The number of rotatable bonds is 0. The van der Waals surface area contributed by atoms with Crippen molar-refractivity contribution in [1.29, 1.82) is 0 Å². The van der Waals surface area contributed by atoms with Gasteiger partial charge in [0.05, 0.1) is 5.02 Å². The molecule has 1 aliphatic rings. The highest BCUT2D eigenvalue weighted by Crippen LogP contribution is 2.36. The molecule has 0 aromatic heterocycles. The third-order valence-electron chi connectivity index (χ3n) is 1.57. The van der Waals surface area contributed by atoms with E-state index in [9.17, 15) is 0 Å². The highest BCUT2D eigenvalue weighted by atomic mass is 35.5. The summed E-state index contributed by atoms with van der Waals surface area (Å²) in [4.78, 5) is 4.09. The number of hydrogen-bond donors (Lipinski definition) is 1. The van der Waals surface area contributed by atoms with E-state index in [0.717, 1.165) is 0 Å². The molecule has 4 heteroatoms. The minimum Gasteiger partial charge on any atom is -0.482 e. The second-order valence-electron chi connectivity index (χ2n) is 2.48. The lowest BCUT2D eigenvalue weighted by Gasteiger charge is -2.14. The monoisotopic (exact) mass is 182 g/mol. The maximum absolute atomic E-state index is 5.85. The Hall–Kier alpha value is -1.22. The van der Waals surface area contributed by atoms with E-state index in [1.54, 1.807) is 6.07 Å². The van der Waals surface area contributed by atoms with Crippen molar-refractivity contribution < 1.29 is 4.74 Å². The molecular weight excluding hydrogens is 176 g/mol. The number of benzene rings is 1. The van der Waals surface area contributed by atoms with Crippen LogP contribution < -0.4 is 10.5 Å². The summed E-state index contributed by atoms with van der Waals surface area (Å²) in [6.45, 7) is 0.316. The third-order valence-corrected chi connectivity index (χ3v) is 1.87. The molecule has 3 nitrogen and oxygen atoms in total. The molecule has 1 aromatic carbocycles. The second kappa shape index (κ2) is 2.68. The zero-order chi connectivity index (χ0) is 8.55. The molecule has 0 fully saturated rings. The van der Waals surface area contributed by atoms with Gasteiger partial charge in [-0.25, -0.2) is 4.99 Å². The Morgan fingerprint density at radius 1 is 1.50 bits per heavy atom. The Labute approximate surface area is 74.8 Å². The van der Waals surface area contributed by atoms with E-state index < -0.39 is 0 Å². The number of fused-ring (bicyclic) bond motifs is 1. The van der Waals surface area contributed by atoms with Gasteiger partial charge in [-0.05, 0) is 12.1 Å². The van der Waals surface area contributed by atoms with Crippen molar-refractivity contribution in [2.75, 3.05) is 6.61 Å². The summed E-state index contributed by atoms with van der Waals surface area (Å²) in [6, 6.07) is 5.39. The number of nitrogens with zero attached hydrogens (tertiary/aromatic N) is 1. The maximum Gasteiger partial charge on any atom is 0.164 e. The van der Waals surface area contributed by atoms with Crippen LogP contribution in [0.1, 0.15) is 0 Å². The standard InChI is InChI=1S/C8H7ClN2O/c9-5-2-1-3-6-8(5)12-4-7(10)11-6/h1-3H,4H2,(H2,10,11). The molecule has 62 valence electrons. The van der Waals surface area contributed by atoms with Gasteiger partial charge < -0.3 is 10.5 Å². The van der Waals surface area contributed by atoms with Crippen LogP contribution in [-0.2, 0) is 0 Å². The van der Waals surface area contributed by atoms with Gasteiger partial charge in [0, 0.05) is 0 Å². The summed E-state index contributed by atoms with van der Waals surface area (Å²) in [7, 11) is 0. The van der Waals surface area contributed by atoms with Gasteiger partial charge in [0.25, 0.3) is 0 Å². The summed E-state index contributed by atoms with van der Waals surface area (Å²) in [5.41, 5.74) is 6.18.